The first-order valence-corrected chi connectivity index (χ1v) is 11.4. The lowest BCUT2D eigenvalue weighted by Gasteiger charge is -2.15. The van der Waals surface area contributed by atoms with Crippen LogP contribution in [0.2, 0.25) is 0 Å². The Bertz CT molecular complexity index is 754. The van der Waals surface area contributed by atoms with Gasteiger partial charge in [-0.25, -0.2) is 0 Å². The fourth-order valence-electron chi connectivity index (χ4n) is 3.09. The largest absolute Gasteiger partial charge is 0.497 e. The van der Waals surface area contributed by atoms with Gasteiger partial charge in [-0.2, -0.15) is 0 Å². The summed E-state index contributed by atoms with van der Waals surface area (Å²) < 4.78 is 5.15. The highest BCUT2D eigenvalue weighted by Gasteiger charge is 2.28. The molecule has 0 bridgehead atoms. The molecule has 2 aromatic rings. The average Bonchev–Trinajstić information content (AvgIpc) is 3.15. The van der Waals surface area contributed by atoms with Gasteiger partial charge in [0.15, 0.2) is 0 Å². The third-order valence-corrected chi connectivity index (χ3v) is 5.02. The summed E-state index contributed by atoms with van der Waals surface area (Å²) in [6, 6.07) is 13.8. The lowest BCUT2D eigenvalue weighted by Crippen LogP contribution is -2.22. The Kier molecular flexibility index (Phi) is 13.3. The van der Waals surface area contributed by atoms with Crippen molar-refractivity contribution in [3.8, 4) is 5.75 Å². The molecular weight excluding hydrogens is 388 g/mol. The molecule has 3 rings (SSSR count). The summed E-state index contributed by atoms with van der Waals surface area (Å²) in [5.74, 6) is 0.881. The minimum absolute atomic E-state index is 0.0838. The number of carbonyl (C=O) groups is 1. The zero-order valence-electron chi connectivity index (χ0n) is 19.9. The van der Waals surface area contributed by atoms with Crippen molar-refractivity contribution >= 4 is 11.6 Å². The number of ether oxygens (including phenoxy) is 1. The molecule has 1 aliphatic heterocycles. The zero-order valence-corrected chi connectivity index (χ0v) is 19.9. The van der Waals surface area contributed by atoms with Crippen LogP contribution in [0, 0.1) is 0 Å². The molecule has 0 fully saturated rings. The number of carbonyl (C=O) groups excluding carboxylic acids is 1. The molecule has 2 aromatic carbocycles. The molecule has 0 saturated heterocycles. The summed E-state index contributed by atoms with van der Waals surface area (Å²) in [4.78, 5) is 14.3. The molecule has 0 aliphatic carbocycles. The topological polar surface area (TPSA) is 61.8 Å². The second-order valence-corrected chi connectivity index (χ2v) is 7.47. The molecule has 1 aliphatic rings. The van der Waals surface area contributed by atoms with E-state index in [-0.39, 0.29) is 5.91 Å². The third kappa shape index (κ3) is 8.72. The molecule has 0 radical (unpaired) electrons. The Morgan fingerprint density at radius 3 is 2.23 bits per heavy atom. The number of benzene rings is 2. The number of fused-ring (bicyclic) bond motifs is 1. The highest BCUT2D eigenvalue weighted by atomic mass is 16.5. The maximum absolute atomic E-state index is 12.5. The van der Waals surface area contributed by atoms with Gasteiger partial charge < -0.3 is 20.1 Å². The van der Waals surface area contributed by atoms with Gasteiger partial charge in [-0.15, -0.1) is 0 Å². The van der Waals surface area contributed by atoms with Gasteiger partial charge in [0.1, 0.15) is 5.75 Å². The standard InChI is InChI=1S/C17H17NO2.C6H15N.C3H8O/c1-3-12-4-5-13-11-18(17(19)16(13)10-12)14-6-8-15(20-2)9-7-14;1-3-4-5-6-7-2;1-2-3-4/h4-10H,3,11H2,1-2H3;7H,3-6H2,1-2H3;4H,2-3H2,1H3. The number of nitrogens with one attached hydrogen (secondary N) is 1. The van der Waals surface area contributed by atoms with Crippen molar-refractivity contribution < 1.29 is 14.6 Å². The van der Waals surface area contributed by atoms with Crippen molar-refractivity contribution in [2.45, 2.75) is 59.4 Å². The number of unbranched alkanes of at least 4 members (excludes halogenated alkanes) is 2. The van der Waals surface area contributed by atoms with Crippen molar-refractivity contribution in [1.29, 1.82) is 0 Å². The van der Waals surface area contributed by atoms with E-state index in [1.807, 2.05) is 49.2 Å². The third-order valence-electron chi connectivity index (χ3n) is 5.02. The molecular formula is C26H40N2O3. The SMILES string of the molecule is CCCCCNC.CCCO.CCc1ccc2c(c1)C(=O)N(c1ccc(OC)cc1)C2. The van der Waals surface area contributed by atoms with Crippen LogP contribution in [0.3, 0.4) is 0 Å². The van der Waals surface area contributed by atoms with Crippen LogP contribution in [0.1, 0.15) is 67.9 Å². The molecule has 5 nitrogen and oxygen atoms in total. The smallest absolute Gasteiger partial charge is 0.258 e. The summed E-state index contributed by atoms with van der Waals surface area (Å²) >= 11 is 0. The second kappa shape index (κ2) is 15.4. The first-order chi connectivity index (χ1) is 15.1. The van der Waals surface area contributed by atoms with Crippen LogP contribution in [-0.2, 0) is 13.0 Å². The number of rotatable bonds is 8. The Morgan fingerprint density at radius 2 is 1.71 bits per heavy atom. The zero-order chi connectivity index (χ0) is 23.1. The van der Waals surface area contributed by atoms with E-state index < -0.39 is 0 Å². The highest BCUT2D eigenvalue weighted by Crippen LogP contribution is 2.30. The molecule has 0 unspecified atom stereocenters. The number of amides is 1. The Morgan fingerprint density at radius 1 is 1.03 bits per heavy atom. The minimum atomic E-state index is 0.0838. The number of aliphatic hydroxyl groups excluding tert-OH is 1. The Balaban J connectivity index is 0.000000366. The molecule has 5 heteroatoms. The van der Waals surface area contributed by atoms with E-state index in [0.29, 0.717) is 13.2 Å². The Labute approximate surface area is 188 Å². The molecule has 0 aromatic heterocycles. The number of anilines is 1. The fourth-order valence-corrected chi connectivity index (χ4v) is 3.09. The molecule has 2 N–H and O–H groups in total. The molecule has 0 saturated carbocycles. The maximum atomic E-state index is 12.5. The Hall–Kier alpha value is -2.37. The van der Waals surface area contributed by atoms with Crippen LogP contribution in [0.5, 0.6) is 5.75 Å². The monoisotopic (exact) mass is 428 g/mol. The number of aryl methyl sites for hydroxylation is 1. The summed E-state index contributed by atoms with van der Waals surface area (Å²) in [6.45, 7) is 8.39. The van der Waals surface area contributed by atoms with Gasteiger partial charge in [0.25, 0.3) is 5.91 Å². The van der Waals surface area contributed by atoms with Crippen molar-refractivity contribution in [1.82, 2.24) is 5.32 Å². The number of hydrogen-bond acceptors (Lipinski definition) is 4. The van der Waals surface area contributed by atoms with Crippen LogP contribution in [0.25, 0.3) is 0 Å². The average molecular weight is 429 g/mol. The van der Waals surface area contributed by atoms with Gasteiger partial charge in [-0.3, -0.25) is 4.79 Å². The molecule has 31 heavy (non-hydrogen) atoms. The van der Waals surface area contributed by atoms with E-state index in [4.69, 9.17) is 9.84 Å². The van der Waals surface area contributed by atoms with E-state index in [0.717, 1.165) is 35.4 Å². The van der Waals surface area contributed by atoms with Gasteiger partial charge >= 0.3 is 0 Å². The highest BCUT2D eigenvalue weighted by molar-refractivity contribution is 6.10. The number of nitrogens with zero attached hydrogens (tertiary/aromatic N) is 1. The summed E-state index contributed by atoms with van der Waals surface area (Å²) in [7, 11) is 3.63. The molecule has 0 atom stereocenters. The van der Waals surface area contributed by atoms with E-state index in [2.05, 4.69) is 31.3 Å². The van der Waals surface area contributed by atoms with Crippen LogP contribution >= 0.6 is 0 Å². The van der Waals surface area contributed by atoms with Crippen LogP contribution < -0.4 is 15.0 Å². The van der Waals surface area contributed by atoms with E-state index in [1.165, 1.54) is 31.4 Å². The number of aliphatic hydroxyl groups is 1. The van der Waals surface area contributed by atoms with Gasteiger partial charge in [0.2, 0.25) is 0 Å². The minimum Gasteiger partial charge on any atom is -0.497 e. The van der Waals surface area contributed by atoms with Crippen LogP contribution in [-0.4, -0.2) is 38.3 Å². The molecule has 1 amide bonds. The summed E-state index contributed by atoms with van der Waals surface area (Å²) in [6.07, 6.45) is 5.83. The van der Waals surface area contributed by atoms with E-state index >= 15 is 0 Å². The molecule has 172 valence electrons. The van der Waals surface area contributed by atoms with Crippen molar-refractivity contribution in [2.24, 2.45) is 0 Å². The van der Waals surface area contributed by atoms with Crippen LogP contribution in [0.4, 0.5) is 5.69 Å². The first kappa shape index (κ1) is 26.7. The fraction of sp³-hybridized carbons (Fsp3) is 0.500. The van der Waals surface area contributed by atoms with Gasteiger partial charge in [-0.1, -0.05) is 45.7 Å². The second-order valence-electron chi connectivity index (χ2n) is 7.47. The van der Waals surface area contributed by atoms with Crippen molar-refractivity contribution in [3.63, 3.8) is 0 Å². The lowest BCUT2D eigenvalue weighted by atomic mass is 10.0. The van der Waals surface area contributed by atoms with Crippen molar-refractivity contribution in [2.75, 3.05) is 32.2 Å². The van der Waals surface area contributed by atoms with Gasteiger partial charge in [0, 0.05) is 17.9 Å². The van der Waals surface area contributed by atoms with Crippen LogP contribution in [0.15, 0.2) is 42.5 Å². The normalized spacial score (nSPS) is 11.8. The first-order valence-electron chi connectivity index (χ1n) is 11.4. The van der Waals surface area contributed by atoms with Gasteiger partial charge in [0.05, 0.1) is 13.7 Å². The number of methoxy groups -OCH3 is 1. The maximum Gasteiger partial charge on any atom is 0.258 e. The quantitative estimate of drug-likeness (QED) is 0.567. The van der Waals surface area contributed by atoms with Crippen molar-refractivity contribution in [3.05, 3.63) is 59.2 Å². The van der Waals surface area contributed by atoms with E-state index in [9.17, 15) is 4.79 Å². The van der Waals surface area contributed by atoms with Gasteiger partial charge in [-0.05, 0) is 74.3 Å². The predicted molar refractivity (Wildman–Crippen MR) is 130 cm³/mol. The lowest BCUT2D eigenvalue weighted by molar-refractivity contribution is 0.0996. The predicted octanol–water partition coefficient (Wildman–Crippen LogP) is 5.20. The number of hydrogen-bond donors (Lipinski definition) is 2. The summed E-state index contributed by atoms with van der Waals surface area (Å²) in [5, 5.41) is 11.0. The molecule has 0 spiro atoms. The molecule has 1 heterocycles. The van der Waals surface area contributed by atoms with E-state index in [1.54, 1.807) is 7.11 Å². The summed E-state index contributed by atoms with van der Waals surface area (Å²) in [5.41, 5.74) is 4.04.